The van der Waals surface area contributed by atoms with Gasteiger partial charge in [-0.2, -0.15) is 4.98 Å². The van der Waals surface area contributed by atoms with E-state index in [1.54, 1.807) is 39.0 Å². The Bertz CT molecular complexity index is 1220. The first-order valence-electron chi connectivity index (χ1n) is 10.1. The minimum atomic E-state index is -3.82. The van der Waals surface area contributed by atoms with Crippen molar-refractivity contribution in [2.75, 3.05) is 6.54 Å². The van der Waals surface area contributed by atoms with Gasteiger partial charge in [0.05, 0.1) is 4.90 Å². The first kappa shape index (κ1) is 24.3. The lowest BCUT2D eigenvalue weighted by Gasteiger charge is -2.22. The Kier molecular flexibility index (Phi) is 7.13. The summed E-state index contributed by atoms with van der Waals surface area (Å²) in [6, 6.07) is 11.9. The molecule has 1 aromatic heterocycles. The van der Waals surface area contributed by atoms with Gasteiger partial charge in [0.1, 0.15) is 11.4 Å². The average molecular weight is 477 g/mol. The first-order valence-corrected chi connectivity index (χ1v) is 11.6. The number of rotatable bonds is 7. The second-order valence-electron chi connectivity index (χ2n) is 8.39. The number of ether oxygens (including phenoxy) is 1. The van der Waals surface area contributed by atoms with Crippen LogP contribution in [0.5, 0.6) is 0 Å². The van der Waals surface area contributed by atoms with Crippen molar-refractivity contribution in [2.45, 2.75) is 43.6 Å². The quantitative estimate of drug-likeness (QED) is 0.533. The van der Waals surface area contributed by atoms with Crippen LogP contribution >= 0.6 is 0 Å². The van der Waals surface area contributed by atoms with Crippen LogP contribution in [0.25, 0.3) is 11.4 Å². The normalized spacial score (nSPS) is 12.9. The molecule has 33 heavy (non-hydrogen) atoms. The van der Waals surface area contributed by atoms with E-state index in [-0.39, 0.29) is 29.6 Å². The molecule has 0 spiro atoms. The van der Waals surface area contributed by atoms with E-state index in [2.05, 4.69) is 15.5 Å². The van der Waals surface area contributed by atoms with Gasteiger partial charge in [-0.1, -0.05) is 23.4 Å². The van der Waals surface area contributed by atoms with Crippen molar-refractivity contribution in [2.24, 2.45) is 5.14 Å². The number of hydrogen-bond donors (Lipinski definition) is 2. The molecule has 0 aliphatic rings. The van der Waals surface area contributed by atoms with E-state index in [4.69, 9.17) is 14.4 Å². The van der Waals surface area contributed by atoms with Crippen LogP contribution in [0.1, 0.15) is 38.1 Å². The fourth-order valence-electron chi connectivity index (χ4n) is 3.08. The van der Waals surface area contributed by atoms with Crippen molar-refractivity contribution in [1.82, 2.24) is 15.5 Å². The maximum Gasteiger partial charge on any atom is 0.407 e. The van der Waals surface area contributed by atoms with Gasteiger partial charge in [-0.3, -0.25) is 0 Å². The summed E-state index contributed by atoms with van der Waals surface area (Å²) in [7, 11) is -3.82. The van der Waals surface area contributed by atoms with Gasteiger partial charge in [-0.25, -0.2) is 22.7 Å². The predicted octanol–water partition coefficient (Wildman–Crippen LogP) is 3.37. The van der Waals surface area contributed by atoms with Crippen LogP contribution in [0.2, 0.25) is 0 Å². The molecule has 176 valence electrons. The Labute approximate surface area is 191 Å². The molecule has 3 aromatic rings. The van der Waals surface area contributed by atoms with Gasteiger partial charge in [-0.15, -0.1) is 0 Å². The maximum atomic E-state index is 14.5. The second-order valence-corrected chi connectivity index (χ2v) is 9.95. The summed E-state index contributed by atoms with van der Waals surface area (Å²) in [6.45, 7) is 5.32. The van der Waals surface area contributed by atoms with Crippen LogP contribution in [0.3, 0.4) is 0 Å². The van der Waals surface area contributed by atoms with Crippen molar-refractivity contribution in [3.63, 3.8) is 0 Å². The van der Waals surface area contributed by atoms with Crippen LogP contribution in [0.4, 0.5) is 9.18 Å². The number of halogens is 1. The third kappa shape index (κ3) is 6.83. The highest BCUT2D eigenvalue weighted by molar-refractivity contribution is 7.89. The SMILES string of the molecule is CC(C)(C)OC(=O)NCC(Cc1nc(-c2ccc(S(N)(=O)=O)cc2)no1)c1ccccc1F. The van der Waals surface area contributed by atoms with E-state index in [1.807, 2.05) is 0 Å². The Balaban J connectivity index is 1.78. The van der Waals surface area contributed by atoms with Crippen LogP contribution in [-0.2, 0) is 21.2 Å². The molecule has 1 heterocycles. The monoisotopic (exact) mass is 476 g/mol. The molecule has 0 fully saturated rings. The summed E-state index contributed by atoms with van der Waals surface area (Å²) < 4.78 is 47.9. The number of aromatic nitrogens is 2. The molecule has 1 unspecified atom stereocenters. The minimum absolute atomic E-state index is 0.0391. The van der Waals surface area contributed by atoms with Gasteiger partial charge in [0.2, 0.25) is 21.7 Å². The maximum absolute atomic E-state index is 14.5. The smallest absolute Gasteiger partial charge is 0.407 e. The topological polar surface area (TPSA) is 137 Å². The number of carbonyl (C=O) groups is 1. The Morgan fingerprint density at radius 3 is 2.45 bits per heavy atom. The van der Waals surface area contributed by atoms with Crippen molar-refractivity contribution < 1.29 is 26.9 Å². The number of alkyl carbamates (subject to hydrolysis) is 1. The zero-order valence-electron chi connectivity index (χ0n) is 18.4. The summed E-state index contributed by atoms with van der Waals surface area (Å²) in [5, 5.41) is 11.7. The van der Waals surface area contributed by atoms with E-state index >= 15 is 0 Å². The number of nitrogens with two attached hydrogens (primary N) is 1. The lowest BCUT2D eigenvalue weighted by atomic mass is 9.95. The molecule has 3 N–H and O–H groups in total. The predicted molar refractivity (Wildman–Crippen MR) is 118 cm³/mol. The van der Waals surface area contributed by atoms with Gasteiger partial charge in [0, 0.05) is 24.4 Å². The van der Waals surface area contributed by atoms with Gasteiger partial charge < -0.3 is 14.6 Å². The molecule has 11 heteroatoms. The zero-order chi connectivity index (χ0) is 24.2. The van der Waals surface area contributed by atoms with E-state index in [9.17, 15) is 17.6 Å². The molecule has 0 aliphatic carbocycles. The van der Waals surface area contributed by atoms with E-state index < -0.39 is 33.5 Å². The van der Waals surface area contributed by atoms with Crippen molar-refractivity contribution in [1.29, 1.82) is 0 Å². The first-order chi connectivity index (χ1) is 15.4. The summed E-state index contributed by atoms with van der Waals surface area (Å²) in [5.74, 6) is -0.471. The number of sulfonamides is 1. The largest absolute Gasteiger partial charge is 0.444 e. The molecule has 0 aliphatic heterocycles. The zero-order valence-corrected chi connectivity index (χ0v) is 19.2. The molecule has 2 aromatic carbocycles. The molecular formula is C22H25FN4O5S. The Morgan fingerprint density at radius 1 is 1.18 bits per heavy atom. The molecular weight excluding hydrogens is 451 g/mol. The number of primary sulfonamides is 1. The van der Waals surface area contributed by atoms with E-state index in [0.29, 0.717) is 11.1 Å². The van der Waals surface area contributed by atoms with Crippen molar-refractivity contribution in [3.8, 4) is 11.4 Å². The van der Waals surface area contributed by atoms with Gasteiger partial charge in [-0.05, 0) is 56.7 Å². The van der Waals surface area contributed by atoms with Crippen LogP contribution in [0, 0.1) is 5.82 Å². The molecule has 3 rings (SSSR count). The van der Waals surface area contributed by atoms with Crippen LogP contribution in [0.15, 0.2) is 57.9 Å². The Hall–Kier alpha value is -3.31. The summed E-state index contributed by atoms with van der Waals surface area (Å²) in [6.07, 6.45) is -0.469. The lowest BCUT2D eigenvalue weighted by molar-refractivity contribution is 0.0523. The van der Waals surface area contributed by atoms with Gasteiger partial charge in [0.25, 0.3) is 0 Å². The summed E-state index contributed by atoms with van der Waals surface area (Å²) in [5.41, 5.74) is 0.232. The highest BCUT2D eigenvalue weighted by atomic mass is 32.2. The van der Waals surface area contributed by atoms with E-state index in [1.165, 1.54) is 30.3 Å². The minimum Gasteiger partial charge on any atom is -0.444 e. The number of nitrogens with one attached hydrogen (secondary N) is 1. The van der Waals surface area contributed by atoms with Crippen molar-refractivity contribution >= 4 is 16.1 Å². The van der Waals surface area contributed by atoms with Crippen molar-refractivity contribution in [3.05, 3.63) is 65.8 Å². The lowest BCUT2D eigenvalue weighted by Crippen LogP contribution is -2.35. The van der Waals surface area contributed by atoms with Gasteiger partial charge in [0.15, 0.2) is 0 Å². The third-order valence-corrected chi connectivity index (χ3v) is 5.50. The van der Waals surface area contributed by atoms with Crippen LogP contribution < -0.4 is 10.5 Å². The standard InChI is InChI=1S/C22H25FN4O5S/c1-22(2,3)31-21(28)25-13-15(17-6-4-5-7-18(17)23)12-19-26-20(27-32-19)14-8-10-16(11-9-14)33(24,29)30/h4-11,15H,12-13H2,1-3H3,(H,25,28)(H2,24,29,30). The number of hydrogen-bond acceptors (Lipinski definition) is 7. The average Bonchev–Trinajstić information content (AvgIpc) is 3.18. The number of carbonyl (C=O) groups excluding carboxylic acids is 1. The number of amides is 1. The highest BCUT2D eigenvalue weighted by Gasteiger charge is 2.23. The number of nitrogens with zero attached hydrogens (tertiary/aromatic N) is 2. The second kappa shape index (κ2) is 9.67. The molecule has 0 radical (unpaired) electrons. The van der Waals surface area contributed by atoms with E-state index in [0.717, 1.165) is 0 Å². The summed E-state index contributed by atoms with van der Waals surface area (Å²) >= 11 is 0. The Morgan fingerprint density at radius 2 is 1.85 bits per heavy atom. The molecule has 0 saturated carbocycles. The molecule has 1 atom stereocenters. The van der Waals surface area contributed by atoms with Crippen LogP contribution in [-0.4, -0.2) is 36.8 Å². The number of benzene rings is 2. The fraction of sp³-hybridized carbons (Fsp3) is 0.318. The molecule has 9 nitrogen and oxygen atoms in total. The molecule has 0 saturated heterocycles. The summed E-state index contributed by atoms with van der Waals surface area (Å²) in [4.78, 5) is 16.4. The molecule has 1 amide bonds. The highest BCUT2D eigenvalue weighted by Crippen LogP contribution is 2.25. The molecule has 0 bridgehead atoms. The third-order valence-electron chi connectivity index (χ3n) is 4.57. The van der Waals surface area contributed by atoms with Gasteiger partial charge >= 0.3 is 6.09 Å². The fourth-order valence-corrected chi connectivity index (χ4v) is 3.59.